The number of aromatic carboxylic acids is 1. The van der Waals surface area contributed by atoms with Crippen molar-refractivity contribution in [3.05, 3.63) is 15.6 Å². The Morgan fingerprint density at radius 2 is 1.94 bits per heavy atom. The van der Waals surface area contributed by atoms with Crippen molar-refractivity contribution >= 4 is 32.9 Å². The predicted octanol–water partition coefficient (Wildman–Crippen LogP) is 1.15. The molecule has 0 aliphatic rings. The van der Waals surface area contributed by atoms with E-state index in [2.05, 4.69) is 4.98 Å². The second-order valence-corrected chi connectivity index (χ2v) is 6.96. The van der Waals surface area contributed by atoms with Crippen LogP contribution in [-0.4, -0.2) is 36.5 Å². The fraction of sp³-hybridized carbons (Fsp3) is 0.444. The highest BCUT2D eigenvalue weighted by Crippen LogP contribution is 2.28. The molecule has 1 N–H and O–H groups in total. The van der Waals surface area contributed by atoms with Crippen molar-refractivity contribution in [1.82, 2.24) is 4.98 Å². The molecule has 0 saturated carbocycles. The molecule has 6 nitrogen and oxygen atoms in total. The Labute approximate surface area is 102 Å². The molecule has 1 atom stereocenters. The molecule has 0 fully saturated rings. The smallest absolute Gasteiger partial charge is 0.356 e. The summed E-state index contributed by atoms with van der Waals surface area (Å²) in [6, 6.07) is 0. The van der Waals surface area contributed by atoms with Gasteiger partial charge in [-0.15, -0.1) is 11.3 Å². The Kier molecular flexibility index (Phi) is 3.68. The number of sulfone groups is 1. The molecule has 0 bridgehead atoms. The molecular weight excluding hydrogens is 266 g/mol. The van der Waals surface area contributed by atoms with Gasteiger partial charge in [-0.05, 0) is 6.92 Å². The normalized spacial score (nSPS) is 13.4. The third kappa shape index (κ3) is 2.89. The van der Waals surface area contributed by atoms with Crippen LogP contribution in [0.5, 0.6) is 0 Å². The first-order valence-electron chi connectivity index (χ1n) is 4.58. The molecular formula is C9H11NO5S2. The molecule has 0 amide bonds. The number of ketones is 1. The fourth-order valence-corrected chi connectivity index (χ4v) is 3.05. The number of Topliss-reactive ketones (excluding diaryl/α,β-unsaturated/α-hetero) is 1. The minimum absolute atomic E-state index is 0.0250. The maximum absolute atomic E-state index is 11.3. The van der Waals surface area contributed by atoms with Gasteiger partial charge in [0.05, 0.1) is 0 Å². The third-order valence-electron chi connectivity index (χ3n) is 2.16. The van der Waals surface area contributed by atoms with Crippen LogP contribution >= 0.6 is 11.3 Å². The van der Waals surface area contributed by atoms with Gasteiger partial charge in [0.2, 0.25) is 0 Å². The monoisotopic (exact) mass is 277 g/mol. The van der Waals surface area contributed by atoms with Crippen LogP contribution in [0.25, 0.3) is 0 Å². The second kappa shape index (κ2) is 4.53. The van der Waals surface area contributed by atoms with E-state index in [1.165, 1.54) is 13.8 Å². The highest BCUT2D eigenvalue weighted by molar-refractivity contribution is 7.91. The lowest BCUT2D eigenvalue weighted by Gasteiger charge is -2.03. The highest BCUT2D eigenvalue weighted by atomic mass is 32.2. The quantitative estimate of drug-likeness (QED) is 0.828. The number of aromatic nitrogens is 1. The molecule has 0 radical (unpaired) electrons. The van der Waals surface area contributed by atoms with Crippen molar-refractivity contribution in [2.75, 3.05) is 6.26 Å². The Bertz CT molecular complexity index is 541. The topological polar surface area (TPSA) is 101 Å². The zero-order valence-corrected chi connectivity index (χ0v) is 11.1. The van der Waals surface area contributed by atoms with Gasteiger partial charge in [0.1, 0.15) is 15.1 Å². The Morgan fingerprint density at radius 3 is 2.24 bits per heavy atom. The van der Waals surface area contributed by atoms with E-state index < -0.39 is 26.8 Å². The molecule has 1 heterocycles. The van der Waals surface area contributed by atoms with Crippen molar-refractivity contribution in [3.8, 4) is 0 Å². The molecule has 1 unspecified atom stereocenters. The number of carbonyl (C=O) groups excluding carboxylic acids is 1. The first kappa shape index (κ1) is 13.8. The maximum atomic E-state index is 11.3. The number of carboxylic acids is 1. The summed E-state index contributed by atoms with van der Waals surface area (Å²) in [6.07, 6.45) is 1.03. The average Bonchev–Trinajstić information content (AvgIpc) is 2.59. The van der Waals surface area contributed by atoms with E-state index >= 15 is 0 Å². The van der Waals surface area contributed by atoms with Crippen LogP contribution in [0.3, 0.4) is 0 Å². The van der Waals surface area contributed by atoms with E-state index in [4.69, 9.17) is 5.11 Å². The van der Waals surface area contributed by atoms with Crippen LogP contribution in [0.4, 0.5) is 0 Å². The van der Waals surface area contributed by atoms with E-state index in [-0.39, 0.29) is 15.6 Å². The van der Waals surface area contributed by atoms with Crippen LogP contribution in [0.2, 0.25) is 0 Å². The predicted molar refractivity (Wildman–Crippen MR) is 62.3 cm³/mol. The van der Waals surface area contributed by atoms with Gasteiger partial charge in [-0.1, -0.05) is 0 Å². The number of hydrogen-bond donors (Lipinski definition) is 1. The summed E-state index contributed by atoms with van der Waals surface area (Å²) in [7, 11) is -3.37. The minimum Gasteiger partial charge on any atom is -0.476 e. The molecule has 8 heteroatoms. The summed E-state index contributed by atoms with van der Waals surface area (Å²) in [5.74, 6) is -1.77. The van der Waals surface area contributed by atoms with Gasteiger partial charge in [-0.2, -0.15) is 0 Å². The number of carboxylic acid groups (broad SMARTS) is 1. The molecule has 1 aromatic heterocycles. The molecule has 0 aromatic carbocycles. The summed E-state index contributed by atoms with van der Waals surface area (Å²) in [4.78, 5) is 25.8. The van der Waals surface area contributed by atoms with Gasteiger partial charge in [0.15, 0.2) is 21.3 Å². The number of carbonyl (C=O) groups is 2. The van der Waals surface area contributed by atoms with E-state index in [1.54, 1.807) is 0 Å². The van der Waals surface area contributed by atoms with Crippen molar-refractivity contribution in [1.29, 1.82) is 0 Å². The van der Waals surface area contributed by atoms with E-state index in [1.807, 2.05) is 0 Å². The fourth-order valence-electron chi connectivity index (χ4n) is 1.08. The van der Waals surface area contributed by atoms with Crippen LogP contribution in [-0.2, 0) is 9.84 Å². The average molecular weight is 277 g/mol. The highest BCUT2D eigenvalue weighted by Gasteiger charge is 2.27. The van der Waals surface area contributed by atoms with Gasteiger partial charge >= 0.3 is 5.97 Å². The SMILES string of the molecule is CC(=O)c1sc(C(C)S(C)(=O)=O)nc1C(=O)O. The van der Waals surface area contributed by atoms with Crippen molar-refractivity contribution in [2.24, 2.45) is 0 Å². The number of thiazole rings is 1. The Hall–Kier alpha value is -1.28. The molecule has 1 rings (SSSR count). The van der Waals surface area contributed by atoms with Crippen LogP contribution in [0.1, 0.15) is 44.3 Å². The van der Waals surface area contributed by atoms with Gasteiger partial charge < -0.3 is 5.11 Å². The molecule has 0 aliphatic heterocycles. The molecule has 94 valence electrons. The third-order valence-corrected chi connectivity index (χ3v) is 5.15. The molecule has 17 heavy (non-hydrogen) atoms. The van der Waals surface area contributed by atoms with Gasteiger partial charge in [0, 0.05) is 13.2 Å². The summed E-state index contributed by atoms with van der Waals surface area (Å²) in [6.45, 7) is 2.62. The molecule has 0 spiro atoms. The molecule has 0 saturated heterocycles. The van der Waals surface area contributed by atoms with Gasteiger partial charge in [-0.3, -0.25) is 4.79 Å². The van der Waals surface area contributed by atoms with Gasteiger partial charge in [-0.25, -0.2) is 18.2 Å². The van der Waals surface area contributed by atoms with Crippen LogP contribution < -0.4 is 0 Å². The molecule has 0 aliphatic carbocycles. The van der Waals surface area contributed by atoms with E-state index in [0.717, 1.165) is 17.6 Å². The first-order valence-corrected chi connectivity index (χ1v) is 7.35. The number of rotatable bonds is 4. The lowest BCUT2D eigenvalue weighted by atomic mass is 10.3. The van der Waals surface area contributed by atoms with Crippen LogP contribution in [0, 0.1) is 0 Å². The lowest BCUT2D eigenvalue weighted by Crippen LogP contribution is -2.08. The summed E-state index contributed by atoms with van der Waals surface area (Å²) >= 11 is 0.810. The second-order valence-electron chi connectivity index (χ2n) is 3.56. The van der Waals surface area contributed by atoms with Crippen molar-refractivity contribution < 1.29 is 23.1 Å². The zero-order chi connectivity index (χ0) is 13.4. The van der Waals surface area contributed by atoms with E-state index in [0.29, 0.717) is 0 Å². The molecule has 1 aromatic rings. The standard InChI is InChI=1S/C9H11NO5S2/c1-4(11)7-6(9(12)13)10-8(16-7)5(2)17(3,14)15/h5H,1-3H3,(H,12,13). The summed E-state index contributed by atoms with van der Waals surface area (Å²) in [5, 5.41) is 8.06. The Morgan fingerprint density at radius 1 is 1.41 bits per heavy atom. The first-order chi connectivity index (χ1) is 7.64. The number of nitrogens with zero attached hydrogens (tertiary/aromatic N) is 1. The minimum atomic E-state index is -3.37. The van der Waals surface area contributed by atoms with Crippen molar-refractivity contribution in [2.45, 2.75) is 19.1 Å². The maximum Gasteiger partial charge on any atom is 0.356 e. The van der Waals surface area contributed by atoms with Crippen LogP contribution in [0.15, 0.2) is 0 Å². The number of hydrogen-bond acceptors (Lipinski definition) is 6. The summed E-state index contributed by atoms with van der Waals surface area (Å²) < 4.78 is 22.7. The van der Waals surface area contributed by atoms with E-state index in [9.17, 15) is 18.0 Å². The summed E-state index contributed by atoms with van der Waals surface area (Å²) in [5.41, 5.74) is -0.381. The zero-order valence-electron chi connectivity index (χ0n) is 9.42. The van der Waals surface area contributed by atoms with Gasteiger partial charge in [0.25, 0.3) is 0 Å². The largest absolute Gasteiger partial charge is 0.476 e. The lowest BCUT2D eigenvalue weighted by molar-refractivity contribution is 0.0686. The van der Waals surface area contributed by atoms with Crippen molar-refractivity contribution in [3.63, 3.8) is 0 Å². The Balaban J connectivity index is 3.36.